The highest BCUT2D eigenvalue weighted by Gasteiger charge is 2.20. The summed E-state index contributed by atoms with van der Waals surface area (Å²) in [5.41, 5.74) is 13.1. The topological polar surface area (TPSA) is 121 Å². The molecule has 118 valence electrons. The average Bonchev–Trinajstić information content (AvgIpc) is 2.81. The number of carboxylic acid groups (broad SMARTS) is 1. The zero-order chi connectivity index (χ0) is 16.3. The van der Waals surface area contributed by atoms with Crippen molar-refractivity contribution in [3.8, 4) is 0 Å². The first-order valence-electron chi connectivity index (χ1n) is 6.83. The molecule has 0 aliphatic rings. The van der Waals surface area contributed by atoms with Crippen LogP contribution in [0.2, 0.25) is 0 Å². The minimum absolute atomic E-state index is 0.308. The van der Waals surface area contributed by atoms with E-state index in [0.29, 0.717) is 6.42 Å². The highest BCUT2D eigenvalue weighted by Crippen LogP contribution is 2.21. The lowest BCUT2D eigenvalue weighted by molar-refractivity contribution is -0.149. The largest absolute Gasteiger partial charge is 0.480 e. The Morgan fingerprint density at radius 2 is 1.95 bits per heavy atom. The van der Waals surface area contributed by atoms with E-state index < -0.39 is 30.6 Å². The number of para-hydroxylation sites is 1. The predicted molar refractivity (Wildman–Crippen MR) is 81.2 cm³/mol. The number of hydrogen-bond acceptors (Lipinski definition) is 5. The number of aromatic nitrogens is 1. The van der Waals surface area contributed by atoms with Crippen LogP contribution in [0.1, 0.15) is 5.56 Å². The van der Waals surface area contributed by atoms with Crippen LogP contribution in [0, 0.1) is 0 Å². The first kappa shape index (κ1) is 16.0. The Morgan fingerprint density at radius 1 is 1.27 bits per heavy atom. The summed E-state index contributed by atoms with van der Waals surface area (Å²) in [5, 5.41) is 9.66. The molecule has 7 nitrogen and oxygen atoms in total. The van der Waals surface area contributed by atoms with Gasteiger partial charge in [-0.2, -0.15) is 0 Å². The van der Waals surface area contributed by atoms with Gasteiger partial charge in [0.1, 0.15) is 18.7 Å². The minimum atomic E-state index is -1.24. The molecule has 1 aromatic carbocycles. The van der Waals surface area contributed by atoms with Gasteiger partial charge in [0.25, 0.3) is 0 Å². The van der Waals surface area contributed by atoms with Crippen LogP contribution >= 0.6 is 0 Å². The normalized spacial score (nSPS) is 13.8. The van der Waals surface area contributed by atoms with Gasteiger partial charge in [-0.15, -0.1) is 0 Å². The van der Waals surface area contributed by atoms with E-state index in [1.165, 1.54) is 0 Å². The highest BCUT2D eigenvalue weighted by atomic mass is 16.5. The Bertz CT molecular complexity index is 695. The maximum absolute atomic E-state index is 11.8. The first-order valence-corrected chi connectivity index (χ1v) is 6.83. The van der Waals surface area contributed by atoms with Crippen molar-refractivity contribution in [1.82, 2.24) is 4.57 Å². The van der Waals surface area contributed by atoms with Gasteiger partial charge in [0.2, 0.25) is 0 Å². The van der Waals surface area contributed by atoms with Crippen LogP contribution in [0.3, 0.4) is 0 Å². The van der Waals surface area contributed by atoms with E-state index in [9.17, 15) is 9.59 Å². The fraction of sp³-hybridized carbons (Fsp3) is 0.333. The summed E-state index contributed by atoms with van der Waals surface area (Å²) >= 11 is 0. The van der Waals surface area contributed by atoms with Crippen LogP contribution in [0.5, 0.6) is 0 Å². The molecular formula is C15H19N3O4. The summed E-state index contributed by atoms with van der Waals surface area (Å²) in [6.45, 7) is -0.391. The molecule has 2 aromatic rings. The molecular weight excluding hydrogens is 286 g/mol. The summed E-state index contributed by atoms with van der Waals surface area (Å²) in [6.07, 6.45) is 2.23. The van der Waals surface area contributed by atoms with Gasteiger partial charge in [-0.05, 0) is 11.6 Å². The summed E-state index contributed by atoms with van der Waals surface area (Å²) in [4.78, 5) is 22.4. The van der Waals surface area contributed by atoms with Crippen molar-refractivity contribution in [3.05, 3.63) is 36.0 Å². The first-order chi connectivity index (χ1) is 10.4. The molecule has 0 amide bonds. The Kier molecular flexibility index (Phi) is 4.79. The fourth-order valence-electron chi connectivity index (χ4n) is 2.26. The lowest BCUT2D eigenvalue weighted by Gasteiger charge is -2.12. The number of ether oxygens (including phenoxy) is 1. The van der Waals surface area contributed by atoms with Gasteiger partial charge in [0, 0.05) is 30.6 Å². The number of fused-ring (bicyclic) bond motifs is 1. The van der Waals surface area contributed by atoms with Crippen LogP contribution in [-0.4, -0.2) is 40.3 Å². The molecule has 0 saturated carbocycles. The van der Waals surface area contributed by atoms with Crippen molar-refractivity contribution in [2.24, 2.45) is 18.5 Å². The molecule has 22 heavy (non-hydrogen) atoms. The molecule has 0 bridgehead atoms. The Balaban J connectivity index is 2.03. The van der Waals surface area contributed by atoms with Gasteiger partial charge in [-0.1, -0.05) is 18.2 Å². The molecule has 0 aliphatic carbocycles. The third kappa shape index (κ3) is 3.44. The van der Waals surface area contributed by atoms with E-state index in [2.05, 4.69) is 0 Å². The van der Waals surface area contributed by atoms with E-state index in [1.54, 1.807) is 0 Å². The van der Waals surface area contributed by atoms with Crippen molar-refractivity contribution in [1.29, 1.82) is 0 Å². The van der Waals surface area contributed by atoms with Crippen molar-refractivity contribution in [2.45, 2.75) is 18.5 Å². The van der Waals surface area contributed by atoms with E-state index in [-0.39, 0.29) is 0 Å². The molecule has 0 fully saturated rings. The smallest absolute Gasteiger partial charge is 0.324 e. The third-order valence-corrected chi connectivity index (χ3v) is 3.44. The lowest BCUT2D eigenvalue weighted by atomic mass is 10.1. The number of hydrogen-bond donors (Lipinski definition) is 3. The monoisotopic (exact) mass is 305 g/mol. The van der Waals surface area contributed by atoms with Crippen LogP contribution in [0.15, 0.2) is 30.5 Å². The van der Waals surface area contributed by atoms with Crippen molar-refractivity contribution in [2.75, 3.05) is 6.61 Å². The molecule has 0 aliphatic heterocycles. The van der Waals surface area contributed by atoms with Crippen molar-refractivity contribution >= 4 is 22.8 Å². The maximum Gasteiger partial charge on any atom is 0.324 e. The van der Waals surface area contributed by atoms with Crippen LogP contribution in [0.25, 0.3) is 10.9 Å². The van der Waals surface area contributed by atoms with E-state index in [1.807, 2.05) is 42.1 Å². The molecule has 0 saturated heterocycles. The second kappa shape index (κ2) is 6.59. The number of esters is 1. The molecule has 2 atom stereocenters. The number of benzene rings is 1. The Labute approximate surface area is 127 Å². The van der Waals surface area contributed by atoms with Gasteiger partial charge in [0.15, 0.2) is 0 Å². The van der Waals surface area contributed by atoms with Gasteiger partial charge in [-0.25, -0.2) is 0 Å². The molecule has 5 N–H and O–H groups in total. The second-order valence-electron chi connectivity index (χ2n) is 5.17. The molecule has 2 rings (SSSR count). The molecule has 0 radical (unpaired) electrons. The Morgan fingerprint density at radius 3 is 2.64 bits per heavy atom. The molecule has 0 spiro atoms. The fourth-order valence-corrected chi connectivity index (χ4v) is 2.26. The van der Waals surface area contributed by atoms with Gasteiger partial charge < -0.3 is 25.9 Å². The predicted octanol–water partition coefficient (Wildman–Crippen LogP) is 0.00320. The summed E-state index contributed by atoms with van der Waals surface area (Å²) in [7, 11) is 1.92. The summed E-state index contributed by atoms with van der Waals surface area (Å²) < 4.78 is 6.80. The van der Waals surface area contributed by atoms with Crippen molar-refractivity contribution in [3.63, 3.8) is 0 Å². The van der Waals surface area contributed by atoms with E-state index in [0.717, 1.165) is 16.5 Å². The highest BCUT2D eigenvalue weighted by molar-refractivity contribution is 5.85. The quantitative estimate of drug-likeness (QED) is 0.646. The lowest BCUT2D eigenvalue weighted by Crippen LogP contribution is -2.40. The standard InChI is InChI=1S/C15H19N3O4/c1-18-7-9(10-4-2-3-5-13(10)18)6-11(16)15(21)22-8-12(17)14(19)20/h2-5,7,11-12H,6,8,16-17H2,1H3,(H,19,20). The van der Waals surface area contributed by atoms with Crippen molar-refractivity contribution < 1.29 is 19.4 Å². The average molecular weight is 305 g/mol. The molecule has 1 aromatic heterocycles. The zero-order valence-electron chi connectivity index (χ0n) is 12.2. The number of nitrogens with two attached hydrogens (primary N) is 2. The molecule has 2 unspecified atom stereocenters. The van der Waals surface area contributed by atoms with Gasteiger partial charge in [0.05, 0.1) is 0 Å². The second-order valence-corrected chi connectivity index (χ2v) is 5.17. The molecule has 1 heterocycles. The third-order valence-electron chi connectivity index (χ3n) is 3.44. The summed E-state index contributed by atoms with van der Waals surface area (Å²) in [6, 6.07) is 5.69. The number of nitrogens with zero attached hydrogens (tertiary/aromatic N) is 1. The number of carbonyl (C=O) groups excluding carboxylic acids is 1. The maximum atomic E-state index is 11.8. The SMILES string of the molecule is Cn1cc(CC(N)C(=O)OCC(N)C(=O)O)c2ccccc21. The Hall–Kier alpha value is -2.38. The summed E-state index contributed by atoms with van der Waals surface area (Å²) in [5.74, 6) is -1.89. The van der Waals surface area contributed by atoms with Crippen LogP contribution in [-0.2, 0) is 27.8 Å². The number of carbonyl (C=O) groups is 2. The van der Waals surface area contributed by atoms with Crippen LogP contribution in [0.4, 0.5) is 0 Å². The number of rotatable bonds is 6. The van der Waals surface area contributed by atoms with Crippen LogP contribution < -0.4 is 11.5 Å². The number of aryl methyl sites for hydroxylation is 1. The number of carboxylic acids is 1. The van der Waals surface area contributed by atoms with E-state index in [4.69, 9.17) is 21.3 Å². The number of aliphatic carboxylic acids is 1. The minimum Gasteiger partial charge on any atom is -0.480 e. The van der Waals surface area contributed by atoms with Gasteiger partial charge in [-0.3, -0.25) is 9.59 Å². The van der Waals surface area contributed by atoms with Gasteiger partial charge >= 0.3 is 11.9 Å². The van der Waals surface area contributed by atoms with E-state index >= 15 is 0 Å². The zero-order valence-corrected chi connectivity index (χ0v) is 12.2. The molecule has 7 heteroatoms.